The van der Waals surface area contributed by atoms with E-state index in [1.54, 1.807) is 0 Å². The predicted molar refractivity (Wildman–Crippen MR) is 97.2 cm³/mol. The van der Waals surface area contributed by atoms with E-state index < -0.39 is 11.2 Å². The van der Waals surface area contributed by atoms with Crippen LogP contribution in [0.2, 0.25) is 0 Å². The number of aliphatic hydroxyl groups is 1. The summed E-state index contributed by atoms with van der Waals surface area (Å²) in [5.41, 5.74) is -0.0269. The summed E-state index contributed by atoms with van der Waals surface area (Å²) in [6.45, 7) is 6.97. The van der Waals surface area contributed by atoms with Crippen LogP contribution in [0.4, 0.5) is 4.79 Å². The maximum atomic E-state index is 12.5. The number of benzene rings is 1. The molecule has 2 fully saturated rings. The molecule has 1 aromatic rings. The number of nitrogens with one attached hydrogen (secondary N) is 1. The summed E-state index contributed by atoms with van der Waals surface area (Å²) < 4.78 is 5.55. The molecule has 2 atom stereocenters. The van der Waals surface area contributed by atoms with E-state index in [0.717, 1.165) is 19.4 Å². The fraction of sp³-hybridized carbons (Fsp3) is 0.650. The first-order valence-electron chi connectivity index (χ1n) is 9.24. The molecule has 2 bridgehead atoms. The van der Waals surface area contributed by atoms with Crippen molar-refractivity contribution in [3.05, 3.63) is 35.9 Å². The number of carbonyl (C=O) groups excluding carboxylic acids is 1. The van der Waals surface area contributed by atoms with E-state index in [2.05, 4.69) is 17.4 Å². The summed E-state index contributed by atoms with van der Waals surface area (Å²) in [5, 5.41) is 14.4. The standard InChI is InChI=1S/C20H30N2O3/c1-19(2,3)25-18(23)22-16-9-10-17(22)12-20(24,11-16)14-21-13-15-7-5-4-6-8-15/h4-8,16-17,21,24H,9-14H2,1-3H3. The van der Waals surface area contributed by atoms with Gasteiger partial charge >= 0.3 is 6.09 Å². The van der Waals surface area contributed by atoms with Gasteiger partial charge in [0.05, 0.1) is 5.60 Å². The van der Waals surface area contributed by atoms with Crippen molar-refractivity contribution in [1.82, 2.24) is 10.2 Å². The average molecular weight is 346 g/mol. The van der Waals surface area contributed by atoms with Gasteiger partial charge in [-0.1, -0.05) is 30.3 Å². The van der Waals surface area contributed by atoms with Gasteiger partial charge in [0.2, 0.25) is 0 Å². The number of hydrogen-bond donors (Lipinski definition) is 2. The van der Waals surface area contributed by atoms with Gasteiger partial charge in [0, 0.05) is 25.2 Å². The summed E-state index contributed by atoms with van der Waals surface area (Å²) >= 11 is 0. The van der Waals surface area contributed by atoms with E-state index in [1.165, 1.54) is 5.56 Å². The van der Waals surface area contributed by atoms with Gasteiger partial charge in [-0.2, -0.15) is 0 Å². The van der Waals surface area contributed by atoms with Gasteiger partial charge in [-0.05, 0) is 52.0 Å². The molecule has 2 aliphatic rings. The third-order valence-electron chi connectivity index (χ3n) is 5.08. The Morgan fingerprint density at radius 1 is 1.24 bits per heavy atom. The van der Waals surface area contributed by atoms with E-state index in [1.807, 2.05) is 43.9 Å². The molecule has 0 radical (unpaired) electrons. The van der Waals surface area contributed by atoms with Crippen molar-refractivity contribution in [3.8, 4) is 0 Å². The second kappa shape index (κ2) is 6.96. The van der Waals surface area contributed by atoms with Crippen molar-refractivity contribution in [2.75, 3.05) is 6.54 Å². The maximum Gasteiger partial charge on any atom is 0.410 e. The first kappa shape index (κ1) is 18.2. The molecule has 2 saturated heterocycles. The van der Waals surface area contributed by atoms with Crippen LogP contribution >= 0.6 is 0 Å². The van der Waals surface area contributed by atoms with Gasteiger partial charge in [0.15, 0.2) is 0 Å². The highest BCUT2D eigenvalue weighted by atomic mass is 16.6. The fourth-order valence-corrected chi connectivity index (χ4v) is 4.11. The molecule has 0 aromatic heterocycles. The lowest BCUT2D eigenvalue weighted by molar-refractivity contribution is -0.0572. The zero-order valence-corrected chi connectivity index (χ0v) is 15.5. The average Bonchev–Trinajstić information content (AvgIpc) is 2.80. The molecule has 0 spiro atoms. The van der Waals surface area contributed by atoms with Crippen LogP contribution in [0.1, 0.15) is 52.0 Å². The largest absolute Gasteiger partial charge is 0.444 e. The zero-order chi connectivity index (χ0) is 18.1. The van der Waals surface area contributed by atoms with E-state index in [4.69, 9.17) is 4.74 Å². The number of piperidine rings is 1. The molecule has 1 amide bonds. The van der Waals surface area contributed by atoms with Crippen molar-refractivity contribution in [3.63, 3.8) is 0 Å². The molecule has 2 aliphatic heterocycles. The van der Waals surface area contributed by atoms with Crippen LogP contribution < -0.4 is 5.32 Å². The predicted octanol–water partition coefficient (Wildman–Crippen LogP) is 3.07. The summed E-state index contributed by atoms with van der Waals surface area (Å²) in [5.74, 6) is 0. The smallest absolute Gasteiger partial charge is 0.410 e. The van der Waals surface area contributed by atoms with Crippen molar-refractivity contribution < 1.29 is 14.6 Å². The van der Waals surface area contributed by atoms with Gasteiger partial charge < -0.3 is 20.1 Å². The van der Waals surface area contributed by atoms with Crippen molar-refractivity contribution in [2.45, 2.75) is 76.3 Å². The maximum absolute atomic E-state index is 12.5. The second-order valence-electron chi connectivity index (χ2n) is 8.49. The van der Waals surface area contributed by atoms with Crippen LogP contribution in [0.3, 0.4) is 0 Å². The zero-order valence-electron chi connectivity index (χ0n) is 15.5. The molecular formula is C20H30N2O3. The van der Waals surface area contributed by atoms with Gasteiger partial charge in [-0.3, -0.25) is 0 Å². The quantitative estimate of drug-likeness (QED) is 0.879. The molecule has 2 heterocycles. The van der Waals surface area contributed by atoms with Crippen LogP contribution in [-0.4, -0.2) is 45.9 Å². The number of fused-ring (bicyclic) bond motifs is 2. The number of amides is 1. The number of hydrogen-bond acceptors (Lipinski definition) is 4. The van der Waals surface area contributed by atoms with Crippen molar-refractivity contribution >= 4 is 6.09 Å². The number of rotatable bonds is 4. The molecule has 2 N–H and O–H groups in total. The van der Waals surface area contributed by atoms with Crippen LogP contribution in [0, 0.1) is 0 Å². The van der Waals surface area contributed by atoms with Crippen LogP contribution in [-0.2, 0) is 11.3 Å². The van der Waals surface area contributed by atoms with E-state index in [0.29, 0.717) is 19.4 Å². The molecule has 0 saturated carbocycles. The minimum atomic E-state index is -0.751. The Bertz CT molecular complexity index is 583. The summed E-state index contributed by atoms with van der Waals surface area (Å²) in [4.78, 5) is 14.4. The lowest BCUT2D eigenvalue weighted by Gasteiger charge is -2.44. The Kier molecular flexibility index (Phi) is 5.07. The minimum absolute atomic E-state index is 0.0807. The summed E-state index contributed by atoms with van der Waals surface area (Å²) in [6, 6.07) is 10.4. The first-order valence-corrected chi connectivity index (χ1v) is 9.24. The summed E-state index contributed by atoms with van der Waals surface area (Å²) in [7, 11) is 0. The molecule has 138 valence electrons. The Morgan fingerprint density at radius 3 is 2.40 bits per heavy atom. The first-order chi connectivity index (χ1) is 11.8. The lowest BCUT2D eigenvalue weighted by atomic mass is 9.86. The third kappa shape index (κ3) is 4.53. The van der Waals surface area contributed by atoms with Crippen LogP contribution in [0.25, 0.3) is 0 Å². The Labute approximate surface area is 150 Å². The van der Waals surface area contributed by atoms with E-state index in [-0.39, 0.29) is 18.2 Å². The number of nitrogens with zero attached hydrogens (tertiary/aromatic N) is 1. The normalized spacial score (nSPS) is 28.9. The molecule has 2 unspecified atom stereocenters. The van der Waals surface area contributed by atoms with Gasteiger partial charge in [0.1, 0.15) is 5.60 Å². The Morgan fingerprint density at radius 2 is 1.84 bits per heavy atom. The molecule has 25 heavy (non-hydrogen) atoms. The highest BCUT2D eigenvalue weighted by Gasteiger charge is 2.50. The van der Waals surface area contributed by atoms with Crippen LogP contribution in [0.15, 0.2) is 30.3 Å². The monoisotopic (exact) mass is 346 g/mol. The third-order valence-corrected chi connectivity index (χ3v) is 5.08. The van der Waals surface area contributed by atoms with E-state index in [9.17, 15) is 9.90 Å². The topological polar surface area (TPSA) is 61.8 Å². The Hall–Kier alpha value is -1.59. The highest BCUT2D eigenvalue weighted by molar-refractivity contribution is 5.69. The van der Waals surface area contributed by atoms with Crippen LogP contribution in [0.5, 0.6) is 0 Å². The second-order valence-corrected chi connectivity index (χ2v) is 8.49. The molecule has 0 aliphatic carbocycles. The van der Waals surface area contributed by atoms with Gasteiger partial charge in [-0.15, -0.1) is 0 Å². The molecule has 5 nitrogen and oxygen atoms in total. The number of ether oxygens (including phenoxy) is 1. The molecular weight excluding hydrogens is 316 g/mol. The SMILES string of the molecule is CC(C)(C)OC(=O)N1C2CCC1CC(O)(CNCc1ccccc1)C2. The van der Waals surface area contributed by atoms with Crippen molar-refractivity contribution in [2.24, 2.45) is 0 Å². The highest BCUT2D eigenvalue weighted by Crippen LogP contribution is 2.41. The van der Waals surface area contributed by atoms with Gasteiger partial charge in [0.25, 0.3) is 0 Å². The van der Waals surface area contributed by atoms with Gasteiger partial charge in [-0.25, -0.2) is 4.79 Å². The summed E-state index contributed by atoms with van der Waals surface area (Å²) in [6.07, 6.45) is 2.89. The van der Waals surface area contributed by atoms with Crippen molar-refractivity contribution in [1.29, 1.82) is 0 Å². The fourth-order valence-electron chi connectivity index (χ4n) is 4.11. The Balaban J connectivity index is 1.56. The van der Waals surface area contributed by atoms with E-state index >= 15 is 0 Å². The lowest BCUT2D eigenvalue weighted by Crippen LogP contribution is -2.57. The minimum Gasteiger partial charge on any atom is -0.444 e. The molecule has 5 heteroatoms. The molecule has 3 rings (SSSR count). The molecule has 1 aromatic carbocycles. The number of carbonyl (C=O) groups is 1.